The summed E-state index contributed by atoms with van der Waals surface area (Å²) in [5, 5.41) is 0.420. The second kappa shape index (κ2) is 2.53. The number of anilines is 1. The quantitative estimate of drug-likeness (QED) is 0.651. The molecule has 0 spiro atoms. The molecule has 0 fully saturated rings. The predicted octanol–water partition coefficient (Wildman–Crippen LogP) is 1.37. The number of benzene rings is 1. The second-order valence-corrected chi connectivity index (χ2v) is 3.18. The first kappa shape index (κ1) is 8.19. The Hall–Kier alpha value is -1.42. The maximum Gasteiger partial charge on any atom is 0.419 e. The molecule has 1 aromatic carbocycles. The Morgan fingerprint density at radius 1 is 1.54 bits per heavy atom. The van der Waals surface area contributed by atoms with Gasteiger partial charge in [-0.05, 0) is 6.07 Å². The van der Waals surface area contributed by atoms with Gasteiger partial charge in [0.2, 0.25) is 0 Å². The number of aryl methyl sites for hydroxylation is 1. The molecule has 1 aromatic heterocycles. The maximum atomic E-state index is 11.1. The zero-order valence-corrected chi connectivity index (χ0v) is 7.63. The van der Waals surface area contributed by atoms with Gasteiger partial charge in [-0.2, -0.15) is 0 Å². The molecule has 1 heterocycles. The van der Waals surface area contributed by atoms with E-state index in [4.69, 9.17) is 21.8 Å². The molecule has 68 valence electrons. The Morgan fingerprint density at radius 2 is 2.23 bits per heavy atom. The third-order valence-corrected chi connectivity index (χ3v) is 2.24. The molecule has 5 heteroatoms. The third kappa shape index (κ3) is 1.10. The van der Waals surface area contributed by atoms with Crippen molar-refractivity contribution in [2.24, 2.45) is 7.05 Å². The normalized spacial score (nSPS) is 10.9. The van der Waals surface area contributed by atoms with Gasteiger partial charge in [-0.3, -0.25) is 4.57 Å². The lowest BCUT2D eigenvalue weighted by atomic mass is 10.3. The van der Waals surface area contributed by atoms with Crippen molar-refractivity contribution in [2.45, 2.75) is 0 Å². The summed E-state index contributed by atoms with van der Waals surface area (Å²) in [6, 6.07) is 3.15. The summed E-state index contributed by atoms with van der Waals surface area (Å²) in [7, 11) is 1.61. The monoisotopic (exact) mass is 198 g/mol. The van der Waals surface area contributed by atoms with Crippen LogP contribution in [0.25, 0.3) is 11.1 Å². The number of hydrogen-bond acceptors (Lipinski definition) is 3. The summed E-state index contributed by atoms with van der Waals surface area (Å²) in [5.41, 5.74) is 7.04. The van der Waals surface area contributed by atoms with Crippen molar-refractivity contribution >= 4 is 28.4 Å². The molecule has 4 nitrogen and oxygen atoms in total. The largest absolute Gasteiger partial charge is 0.419 e. The topological polar surface area (TPSA) is 61.2 Å². The van der Waals surface area contributed by atoms with Gasteiger partial charge < -0.3 is 10.2 Å². The van der Waals surface area contributed by atoms with Gasteiger partial charge >= 0.3 is 5.76 Å². The molecule has 13 heavy (non-hydrogen) atoms. The lowest BCUT2D eigenvalue weighted by Crippen LogP contribution is -2.08. The maximum absolute atomic E-state index is 11.1. The average molecular weight is 199 g/mol. The van der Waals surface area contributed by atoms with Crippen molar-refractivity contribution in [3.05, 3.63) is 27.7 Å². The van der Waals surface area contributed by atoms with E-state index in [-0.39, 0.29) is 0 Å². The van der Waals surface area contributed by atoms with Crippen LogP contribution in [0.3, 0.4) is 0 Å². The molecular weight excluding hydrogens is 192 g/mol. The van der Waals surface area contributed by atoms with Crippen molar-refractivity contribution in [3.8, 4) is 0 Å². The molecule has 0 aliphatic carbocycles. The number of rotatable bonds is 0. The zero-order valence-electron chi connectivity index (χ0n) is 6.87. The van der Waals surface area contributed by atoms with Crippen molar-refractivity contribution in [1.29, 1.82) is 0 Å². The van der Waals surface area contributed by atoms with Crippen LogP contribution in [0, 0.1) is 0 Å². The minimum Gasteiger partial charge on any atom is -0.408 e. The van der Waals surface area contributed by atoms with Crippen LogP contribution in [0.5, 0.6) is 0 Å². The summed E-state index contributed by atoms with van der Waals surface area (Å²) >= 11 is 5.79. The first-order valence-corrected chi connectivity index (χ1v) is 4.02. The van der Waals surface area contributed by atoms with Crippen LogP contribution in [0.15, 0.2) is 21.3 Å². The van der Waals surface area contributed by atoms with E-state index in [1.807, 2.05) is 0 Å². The Morgan fingerprint density at radius 3 is 2.92 bits per heavy atom. The van der Waals surface area contributed by atoms with E-state index in [9.17, 15) is 4.79 Å². The summed E-state index contributed by atoms with van der Waals surface area (Å²) in [4.78, 5) is 11.1. The molecule has 0 saturated heterocycles. The summed E-state index contributed by atoms with van der Waals surface area (Å²) in [5.74, 6) is -0.420. The van der Waals surface area contributed by atoms with Gasteiger partial charge in [-0.25, -0.2) is 4.79 Å². The molecule has 2 rings (SSSR count). The Kier molecular flexibility index (Phi) is 1.60. The van der Waals surface area contributed by atoms with E-state index in [2.05, 4.69) is 0 Å². The van der Waals surface area contributed by atoms with E-state index in [0.717, 1.165) is 0 Å². The van der Waals surface area contributed by atoms with Crippen LogP contribution in [0.4, 0.5) is 5.69 Å². The van der Waals surface area contributed by atoms with Crippen LogP contribution >= 0.6 is 11.6 Å². The van der Waals surface area contributed by atoms with Gasteiger partial charge in [0.15, 0.2) is 5.58 Å². The fraction of sp³-hybridized carbons (Fsp3) is 0.125. The molecule has 0 unspecified atom stereocenters. The van der Waals surface area contributed by atoms with Crippen molar-refractivity contribution in [1.82, 2.24) is 4.57 Å². The number of nitrogens with two attached hydrogens (primary N) is 1. The van der Waals surface area contributed by atoms with E-state index in [0.29, 0.717) is 21.8 Å². The standard InChI is InChI=1S/C8H7ClN2O2/c1-11-6-2-4(9)5(10)3-7(6)13-8(11)12/h2-3H,10H2,1H3. The zero-order chi connectivity index (χ0) is 9.59. The first-order chi connectivity index (χ1) is 6.09. The van der Waals surface area contributed by atoms with E-state index in [1.54, 1.807) is 19.2 Å². The van der Waals surface area contributed by atoms with Gasteiger partial charge in [0.05, 0.1) is 16.2 Å². The summed E-state index contributed by atoms with van der Waals surface area (Å²) < 4.78 is 6.28. The van der Waals surface area contributed by atoms with Crippen molar-refractivity contribution in [3.63, 3.8) is 0 Å². The van der Waals surface area contributed by atoms with Gasteiger partial charge in [-0.1, -0.05) is 11.6 Å². The van der Waals surface area contributed by atoms with Crippen molar-refractivity contribution in [2.75, 3.05) is 5.73 Å². The number of oxazole rings is 1. The predicted molar refractivity (Wildman–Crippen MR) is 50.9 cm³/mol. The minimum absolute atomic E-state index is 0.406. The Labute approximate surface area is 78.5 Å². The highest BCUT2D eigenvalue weighted by molar-refractivity contribution is 6.33. The van der Waals surface area contributed by atoms with Crippen LogP contribution in [-0.4, -0.2) is 4.57 Å². The number of hydrogen-bond donors (Lipinski definition) is 1. The van der Waals surface area contributed by atoms with Crippen LogP contribution < -0.4 is 11.5 Å². The van der Waals surface area contributed by atoms with E-state index < -0.39 is 5.76 Å². The van der Waals surface area contributed by atoms with Gasteiger partial charge in [0, 0.05) is 13.1 Å². The highest BCUT2D eigenvalue weighted by Crippen LogP contribution is 2.24. The molecular formula is C8H7ClN2O2. The summed E-state index contributed by atoms with van der Waals surface area (Å²) in [6.45, 7) is 0. The van der Waals surface area contributed by atoms with Gasteiger partial charge in [0.1, 0.15) is 0 Å². The van der Waals surface area contributed by atoms with Crippen LogP contribution in [0.1, 0.15) is 0 Å². The van der Waals surface area contributed by atoms with Crippen molar-refractivity contribution < 1.29 is 4.42 Å². The molecule has 2 aromatic rings. The van der Waals surface area contributed by atoms with E-state index in [1.165, 1.54) is 4.57 Å². The van der Waals surface area contributed by atoms with Gasteiger partial charge in [-0.15, -0.1) is 0 Å². The SMILES string of the molecule is Cn1c(=O)oc2cc(N)c(Cl)cc21. The lowest BCUT2D eigenvalue weighted by molar-refractivity contribution is 0.528. The molecule has 0 atom stereocenters. The summed E-state index contributed by atoms with van der Waals surface area (Å²) in [6.07, 6.45) is 0. The van der Waals surface area contributed by atoms with Crippen LogP contribution in [0.2, 0.25) is 5.02 Å². The number of halogens is 1. The smallest absolute Gasteiger partial charge is 0.408 e. The molecule has 0 radical (unpaired) electrons. The Bertz CT molecular complexity index is 527. The Balaban J connectivity index is 2.97. The van der Waals surface area contributed by atoms with Gasteiger partial charge in [0.25, 0.3) is 0 Å². The minimum atomic E-state index is -0.420. The molecule has 0 saturated carbocycles. The highest BCUT2D eigenvalue weighted by Gasteiger charge is 2.07. The number of aromatic nitrogens is 1. The molecule has 0 amide bonds. The second-order valence-electron chi connectivity index (χ2n) is 2.77. The number of nitrogens with zero attached hydrogens (tertiary/aromatic N) is 1. The first-order valence-electron chi connectivity index (χ1n) is 3.64. The third-order valence-electron chi connectivity index (χ3n) is 1.91. The number of nitrogen functional groups attached to an aromatic ring is 1. The molecule has 2 N–H and O–H groups in total. The fourth-order valence-electron chi connectivity index (χ4n) is 1.16. The van der Waals surface area contributed by atoms with Crippen LogP contribution in [-0.2, 0) is 7.05 Å². The fourth-order valence-corrected chi connectivity index (χ4v) is 1.32. The molecule has 0 aliphatic heterocycles. The van der Waals surface area contributed by atoms with E-state index >= 15 is 0 Å². The molecule has 0 aliphatic rings. The number of fused-ring (bicyclic) bond motifs is 1. The average Bonchev–Trinajstić information content (AvgIpc) is 2.32. The lowest BCUT2D eigenvalue weighted by Gasteiger charge is -1.96. The molecule has 0 bridgehead atoms. The highest BCUT2D eigenvalue weighted by atomic mass is 35.5.